The van der Waals surface area contributed by atoms with Gasteiger partial charge in [-0.3, -0.25) is 0 Å². The Hall–Kier alpha value is -1.74. The summed E-state index contributed by atoms with van der Waals surface area (Å²) >= 11 is 3.53. The van der Waals surface area contributed by atoms with Crippen molar-refractivity contribution in [3.8, 4) is 0 Å². The Bertz CT molecular complexity index is 731. The maximum Gasteiger partial charge on any atom is 0.0457 e. The van der Waals surface area contributed by atoms with Crippen LogP contribution in [0.5, 0.6) is 0 Å². The molecule has 2 nitrogen and oxygen atoms in total. The van der Waals surface area contributed by atoms with Crippen molar-refractivity contribution < 1.29 is 0 Å². The summed E-state index contributed by atoms with van der Waals surface area (Å²) in [6, 6.07) is 14.9. The Morgan fingerprint density at radius 3 is 2.85 bits per heavy atom. The highest BCUT2D eigenvalue weighted by atomic mass is 79.9. The number of aromatic nitrogens is 1. The van der Waals surface area contributed by atoms with Crippen LogP contribution in [0.15, 0.2) is 53.1 Å². The number of anilines is 1. The fraction of sp³-hybridized carbons (Fsp3) is 0.176. The van der Waals surface area contributed by atoms with E-state index >= 15 is 0 Å². The van der Waals surface area contributed by atoms with Crippen LogP contribution < -0.4 is 5.32 Å². The van der Waals surface area contributed by atoms with E-state index in [0.29, 0.717) is 0 Å². The summed E-state index contributed by atoms with van der Waals surface area (Å²) in [5.74, 6) is 0. The van der Waals surface area contributed by atoms with Crippen LogP contribution in [-0.2, 0) is 13.0 Å². The van der Waals surface area contributed by atoms with Crippen molar-refractivity contribution in [3.05, 3.63) is 64.3 Å². The van der Waals surface area contributed by atoms with Crippen molar-refractivity contribution in [2.75, 3.05) is 5.32 Å². The smallest absolute Gasteiger partial charge is 0.0457 e. The zero-order chi connectivity index (χ0) is 13.9. The van der Waals surface area contributed by atoms with E-state index in [-0.39, 0.29) is 0 Å². The molecule has 20 heavy (non-hydrogen) atoms. The van der Waals surface area contributed by atoms with E-state index < -0.39 is 0 Å². The van der Waals surface area contributed by atoms with Gasteiger partial charge in [0, 0.05) is 33.8 Å². The van der Waals surface area contributed by atoms with E-state index in [1.165, 1.54) is 27.7 Å². The molecule has 1 aromatic heterocycles. The molecule has 3 aromatic rings. The first-order valence-electron chi connectivity index (χ1n) is 6.85. The van der Waals surface area contributed by atoms with Gasteiger partial charge in [-0.05, 0) is 47.9 Å². The van der Waals surface area contributed by atoms with Crippen molar-refractivity contribution in [1.29, 1.82) is 0 Å². The molecule has 3 rings (SSSR count). The van der Waals surface area contributed by atoms with Gasteiger partial charge in [0.15, 0.2) is 0 Å². The Morgan fingerprint density at radius 2 is 2.00 bits per heavy atom. The second kappa shape index (κ2) is 5.71. The van der Waals surface area contributed by atoms with E-state index in [4.69, 9.17) is 0 Å². The molecule has 0 aliphatic heterocycles. The van der Waals surface area contributed by atoms with E-state index in [0.717, 1.165) is 17.4 Å². The van der Waals surface area contributed by atoms with Crippen LogP contribution >= 0.6 is 15.9 Å². The first kappa shape index (κ1) is 13.3. The van der Waals surface area contributed by atoms with Gasteiger partial charge in [0.25, 0.3) is 0 Å². The molecule has 102 valence electrons. The van der Waals surface area contributed by atoms with Crippen LogP contribution in [0.1, 0.15) is 18.1 Å². The largest absolute Gasteiger partial charge is 0.381 e. The SMILES string of the molecule is CCc1cc(Br)ccc1NCc1cccc2[nH]ccc12. The summed E-state index contributed by atoms with van der Waals surface area (Å²) in [4.78, 5) is 3.25. The highest BCUT2D eigenvalue weighted by Gasteiger charge is 2.04. The number of nitrogens with one attached hydrogen (secondary N) is 2. The molecular weight excluding hydrogens is 312 g/mol. The van der Waals surface area contributed by atoms with Crippen LogP contribution in [0.4, 0.5) is 5.69 Å². The highest BCUT2D eigenvalue weighted by Crippen LogP contribution is 2.23. The molecule has 0 amide bonds. The Kier molecular flexibility index (Phi) is 3.79. The molecule has 3 heteroatoms. The van der Waals surface area contributed by atoms with Gasteiger partial charge in [0.2, 0.25) is 0 Å². The van der Waals surface area contributed by atoms with Crippen molar-refractivity contribution in [2.45, 2.75) is 19.9 Å². The number of hydrogen-bond acceptors (Lipinski definition) is 1. The zero-order valence-electron chi connectivity index (χ0n) is 11.4. The lowest BCUT2D eigenvalue weighted by molar-refractivity contribution is 1.10. The fourth-order valence-electron chi connectivity index (χ4n) is 2.52. The third-order valence-corrected chi connectivity index (χ3v) is 4.10. The van der Waals surface area contributed by atoms with Crippen LogP contribution in [0, 0.1) is 0 Å². The predicted octanol–water partition coefficient (Wildman–Crippen LogP) is 5.10. The topological polar surface area (TPSA) is 27.8 Å². The number of halogens is 1. The van der Waals surface area contributed by atoms with Gasteiger partial charge in [-0.1, -0.05) is 35.0 Å². The average Bonchev–Trinajstić information content (AvgIpc) is 2.94. The van der Waals surface area contributed by atoms with Crippen LogP contribution in [0.2, 0.25) is 0 Å². The van der Waals surface area contributed by atoms with Crippen molar-refractivity contribution in [2.24, 2.45) is 0 Å². The molecule has 0 unspecified atom stereocenters. The van der Waals surface area contributed by atoms with Gasteiger partial charge < -0.3 is 10.3 Å². The van der Waals surface area contributed by atoms with Crippen LogP contribution in [0.25, 0.3) is 10.9 Å². The summed E-state index contributed by atoms with van der Waals surface area (Å²) in [7, 11) is 0. The van der Waals surface area contributed by atoms with E-state index in [2.05, 4.69) is 75.6 Å². The number of hydrogen-bond donors (Lipinski definition) is 2. The molecule has 0 aliphatic carbocycles. The minimum absolute atomic E-state index is 0.837. The van der Waals surface area contributed by atoms with Gasteiger partial charge in [0.1, 0.15) is 0 Å². The molecule has 0 aliphatic rings. The zero-order valence-corrected chi connectivity index (χ0v) is 13.0. The number of aryl methyl sites for hydroxylation is 1. The molecule has 2 aromatic carbocycles. The number of rotatable bonds is 4. The van der Waals surface area contributed by atoms with Gasteiger partial charge in [-0.2, -0.15) is 0 Å². The lowest BCUT2D eigenvalue weighted by atomic mass is 10.1. The molecule has 0 atom stereocenters. The van der Waals surface area contributed by atoms with Crippen molar-refractivity contribution in [1.82, 2.24) is 4.98 Å². The second-order valence-electron chi connectivity index (χ2n) is 4.86. The standard InChI is InChI=1S/C17H17BrN2/c1-2-12-10-14(18)6-7-16(12)20-11-13-4-3-5-17-15(13)8-9-19-17/h3-10,19-20H,2,11H2,1H3. The quantitative estimate of drug-likeness (QED) is 0.684. The molecule has 0 spiro atoms. The first-order chi connectivity index (χ1) is 9.78. The van der Waals surface area contributed by atoms with Gasteiger partial charge >= 0.3 is 0 Å². The van der Waals surface area contributed by atoms with E-state index in [1.807, 2.05) is 6.20 Å². The highest BCUT2D eigenvalue weighted by molar-refractivity contribution is 9.10. The molecule has 0 bridgehead atoms. The maximum atomic E-state index is 3.55. The number of fused-ring (bicyclic) bond motifs is 1. The third-order valence-electron chi connectivity index (χ3n) is 3.60. The maximum absolute atomic E-state index is 3.55. The molecule has 0 radical (unpaired) electrons. The van der Waals surface area contributed by atoms with E-state index in [9.17, 15) is 0 Å². The molecule has 0 saturated heterocycles. The molecule has 0 saturated carbocycles. The minimum atomic E-state index is 0.837. The average molecular weight is 329 g/mol. The summed E-state index contributed by atoms with van der Waals surface area (Å²) in [6.07, 6.45) is 3.02. The Morgan fingerprint density at radius 1 is 1.10 bits per heavy atom. The van der Waals surface area contributed by atoms with Gasteiger partial charge in [0.05, 0.1) is 0 Å². The molecule has 0 fully saturated rings. The molecule has 1 heterocycles. The Labute approximate surface area is 127 Å². The number of aromatic amines is 1. The second-order valence-corrected chi connectivity index (χ2v) is 5.78. The fourth-order valence-corrected chi connectivity index (χ4v) is 2.93. The molecule has 2 N–H and O–H groups in total. The van der Waals surface area contributed by atoms with Crippen molar-refractivity contribution >= 4 is 32.5 Å². The predicted molar refractivity (Wildman–Crippen MR) is 89.1 cm³/mol. The molecular formula is C17H17BrN2. The van der Waals surface area contributed by atoms with Crippen LogP contribution in [0.3, 0.4) is 0 Å². The van der Waals surface area contributed by atoms with Gasteiger partial charge in [-0.25, -0.2) is 0 Å². The minimum Gasteiger partial charge on any atom is -0.381 e. The lowest BCUT2D eigenvalue weighted by Crippen LogP contribution is -2.02. The summed E-state index contributed by atoms with van der Waals surface area (Å²) in [6.45, 7) is 3.02. The number of H-pyrrole nitrogens is 1. The normalized spacial score (nSPS) is 10.9. The monoisotopic (exact) mass is 328 g/mol. The van der Waals surface area contributed by atoms with Crippen LogP contribution in [-0.4, -0.2) is 4.98 Å². The van der Waals surface area contributed by atoms with Gasteiger partial charge in [-0.15, -0.1) is 0 Å². The Balaban J connectivity index is 1.84. The summed E-state index contributed by atoms with van der Waals surface area (Å²) in [5, 5.41) is 4.84. The van der Waals surface area contributed by atoms with Crippen molar-refractivity contribution in [3.63, 3.8) is 0 Å². The van der Waals surface area contributed by atoms with E-state index in [1.54, 1.807) is 0 Å². The summed E-state index contributed by atoms with van der Waals surface area (Å²) in [5.41, 5.74) is 5.05. The summed E-state index contributed by atoms with van der Waals surface area (Å²) < 4.78 is 1.13. The third kappa shape index (κ3) is 2.59. The lowest BCUT2D eigenvalue weighted by Gasteiger charge is -2.12. The first-order valence-corrected chi connectivity index (χ1v) is 7.64. The number of benzene rings is 2.